The van der Waals surface area contributed by atoms with Gasteiger partial charge >= 0.3 is 11.9 Å². The molecule has 0 amide bonds. The van der Waals surface area contributed by atoms with E-state index in [0.717, 1.165) is 0 Å². The van der Waals surface area contributed by atoms with Crippen molar-refractivity contribution in [1.29, 1.82) is 0 Å². The Balaban J connectivity index is 2.25. The van der Waals surface area contributed by atoms with E-state index >= 15 is 0 Å². The Morgan fingerprint density at radius 2 is 1.92 bits per heavy atom. The first-order valence-electron chi connectivity index (χ1n) is 9.11. The van der Waals surface area contributed by atoms with Gasteiger partial charge in [0.05, 0.1) is 6.61 Å². The predicted octanol–water partition coefficient (Wildman–Crippen LogP) is 2.23. The highest BCUT2D eigenvalue weighted by atomic mass is 16.6. The minimum Gasteiger partial charge on any atom is -0.465 e. The fraction of sp³-hybridized carbons (Fsp3) is 0.600. The van der Waals surface area contributed by atoms with Crippen molar-refractivity contribution in [3.05, 3.63) is 30.6 Å². The molecular formula is C20H28NO5+. The molecule has 1 saturated heterocycles. The van der Waals surface area contributed by atoms with Gasteiger partial charge in [0, 0.05) is 18.6 Å². The van der Waals surface area contributed by atoms with Crippen LogP contribution in [0, 0.1) is 11.3 Å². The molecule has 0 aliphatic carbocycles. The van der Waals surface area contributed by atoms with E-state index in [1.165, 1.54) is 0 Å². The highest BCUT2D eigenvalue weighted by Gasteiger charge is 2.62. The van der Waals surface area contributed by atoms with E-state index in [0.29, 0.717) is 18.8 Å². The van der Waals surface area contributed by atoms with Crippen LogP contribution in [0.3, 0.4) is 0 Å². The average Bonchev–Trinajstić information content (AvgIpc) is 2.87. The summed E-state index contributed by atoms with van der Waals surface area (Å²) in [5, 5.41) is 0. The Morgan fingerprint density at radius 1 is 1.27 bits per heavy atom. The van der Waals surface area contributed by atoms with E-state index in [1.54, 1.807) is 30.8 Å². The quantitative estimate of drug-likeness (QED) is 0.403. The monoisotopic (exact) mass is 362 g/mol. The lowest BCUT2D eigenvalue weighted by atomic mass is 9.75. The molecule has 1 aliphatic heterocycles. The lowest BCUT2D eigenvalue weighted by molar-refractivity contribution is -0.684. The van der Waals surface area contributed by atoms with Crippen LogP contribution < -0.4 is 4.57 Å². The van der Waals surface area contributed by atoms with Gasteiger partial charge in [-0.15, -0.1) is 0 Å². The summed E-state index contributed by atoms with van der Waals surface area (Å²) in [5.41, 5.74) is -2.73. The van der Waals surface area contributed by atoms with Crippen molar-refractivity contribution >= 4 is 17.7 Å². The van der Waals surface area contributed by atoms with Gasteiger partial charge in [-0.3, -0.25) is 14.4 Å². The summed E-state index contributed by atoms with van der Waals surface area (Å²) in [6.45, 7) is 7.59. The zero-order valence-corrected chi connectivity index (χ0v) is 16.0. The number of rotatable bonds is 8. The first-order valence-corrected chi connectivity index (χ1v) is 9.11. The number of cyclic esters (lactones) is 1. The fourth-order valence-electron chi connectivity index (χ4n) is 3.27. The lowest BCUT2D eigenvalue weighted by Crippen LogP contribution is -2.47. The maximum Gasteiger partial charge on any atom is 0.324 e. The number of esters is 2. The highest BCUT2D eigenvalue weighted by Crippen LogP contribution is 2.46. The Hall–Kier alpha value is -2.24. The van der Waals surface area contributed by atoms with Gasteiger partial charge < -0.3 is 9.47 Å². The van der Waals surface area contributed by atoms with Gasteiger partial charge in [-0.25, -0.2) is 0 Å². The molecule has 26 heavy (non-hydrogen) atoms. The van der Waals surface area contributed by atoms with Gasteiger partial charge in [-0.1, -0.05) is 19.9 Å². The molecule has 1 aromatic heterocycles. The molecule has 0 unspecified atom stereocenters. The van der Waals surface area contributed by atoms with Gasteiger partial charge in [-0.05, 0) is 32.6 Å². The van der Waals surface area contributed by atoms with Crippen molar-refractivity contribution in [3.8, 4) is 0 Å². The molecule has 0 aromatic carbocycles. The Labute approximate surface area is 154 Å². The summed E-state index contributed by atoms with van der Waals surface area (Å²) in [6.07, 6.45) is 4.57. The maximum atomic E-state index is 12.8. The number of carbonyl (C=O) groups is 3. The van der Waals surface area contributed by atoms with Gasteiger partial charge in [0.15, 0.2) is 23.4 Å². The molecule has 0 radical (unpaired) electrons. The second kappa shape index (κ2) is 7.98. The van der Waals surface area contributed by atoms with Crippen molar-refractivity contribution in [2.75, 3.05) is 6.61 Å². The largest absolute Gasteiger partial charge is 0.465 e. The van der Waals surface area contributed by atoms with Crippen LogP contribution in [0.4, 0.5) is 0 Å². The molecule has 1 aliphatic rings. The summed E-state index contributed by atoms with van der Waals surface area (Å²) in [7, 11) is 0. The highest BCUT2D eigenvalue weighted by molar-refractivity contribution is 6.05. The number of hydrogen-bond acceptors (Lipinski definition) is 5. The van der Waals surface area contributed by atoms with E-state index in [1.807, 2.05) is 32.0 Å². The van der Waals surface area contributed by atoms with Crippen molar-refractivity contribution in [1.82, 2.24) is 0 Å². The van der Waals surface area contributed by atoms with Crippen molar-refractivity contribution < 1.29 is 28.4 Å². The van der Waals surface area contributed by atoms with Crippen LogP contribution in [0.15, 0.2) is 30.6 Å². The van der Waals surface area contributed by atoms with Crippen molar-refractivity contribution in [2.45, 2.75) is 59.1 Å². The molecule has 6 nitrogen and oxygen atoms in total. The van der Waals surface area contributed by atoms with Crippen LogP contribution in [-0.2, 0) is 30.4 Å². The van der Waals surface area contributed by atoms with Gasteiger partial charge in [0.25, 0.3) is 0 Å². The van der Waals surface area contributed by atoms with Crippen LogP contribution in [0.1, 0.15) is 47.0 Å². The molecule has 0 spiro atoms. The third-order valence-corrected chi connectivity index (χ3v) is 4.86. The van der Waals surface area contributed by atoms with Crippen LogP contribution in [0.2, 0.25) is 0 Å². The van der Waals surface area contributed by atoms with Gasteiger partial charge in [0.2, 0.25) is 12.3 Å². The normalized spacial score (nSPS) is 25.2. The summed E-state index contributed by atoms with van der Waals surface area (Å²) < 4.78 is 12.4. The lowest BCUT2D eigenvalue weighted by Gasteiger charge is -2.24. The molecule has 1 aromatic rings. The summed E-state index contributed by atoms with van der Waals surface area (Å²) in [6, 6.07) is 5.50. The third-order valence-electron chi connectivity index (χ3n) is 4.86. The van der Waals surface area contributed by atoms with E-state index in [9.17, 15) is 14.4 Å². The minimum absolute atomic E-state index is 0.0244. The Bertz CT molecular complexity index is 672. The molecule has 2 heterocycles. The second-order valence-corrected chi connectivity index (χ2v) is 7.50. The van der Waals surface area contributed by atoms with Gasteiger partial charge in [-0.2, -0.15) is 4.57 Å². The average molecular weight is 362 g/mol. The first-order chi connectivity index (χ1) is 12.2. The van der Waals surface area contributed by atoms with E-state index in [-0.39, 0.29) is 25.4 Å². The zero-order valence-electron chi connectivity index (χ0n) is 16.0. The molecule has 0 saturated carbocycles. The smallest absolute Gasteiger partial charge is 0.324 e. The first kappa shape index (κ1) is 20.1. The molecule has 2 atom stereocenters. The number of hydrogen-bond donors (Lipinski definition) is 0. The van der Waals surface area contributed by atoms with Crippen LogP contribution >= 0.6 is 0 Å². The molecule has 6 heteroatoms. The molecular weight excluding hydrogens is 334 g/mol. The number of carbonyl (C=O) groups excluding carboxylic acids is 3. The number of Topliss-reactive ketones (excluding diaryl/α,β-unsaturated/α-hetero) is 1. The van der Waals surface area contributed by atoms with E-state index in [4.69, 9.17) is 9.47 Å². The van der Waals surface area contributed by atoms with Crippen LogP contribution in [0.25, 0.3) is 0 Å². The molecule has 142 valence electrons. The van der Waals surface area contributed by atoms with Crippen molar-refractivity contribution in [2.24, 2.45) is 11.3 Å². The molecule has 2 rings (SSSR count). The molecule has 0 N–H and O–H groups in total. The Kier molecular flexibility index (Phi) is 6.16. The second-order valence-electron chi connectivity index (χ2n) is 7.50. The molecule has 0 bridgehead atoms. The van der Waals surface area contributed by atoms with Crippen LogP contribution in [0.5, 0.6) is 0 Å². The molecule has 1 fully saturated rings. The number of pyridine rings is 1. The number of ketones is 1. The summed E-state index contributed by atoms with van der Waals surface area (Å²) in [4.78, 5) is 38.2. The summed E-state index contributed by atoms with van der Waals surface area (Å²) in [5.74, 6) is -1.16. The van der Waals surface area contributed by atoms with E-state index < -0.39 is 23.0 Å². The summed E-state index contributed by atoms with van der Waals surface area (Å²) >= 11 is 0. The zero-order chi connectivity index (χ0) is 19.4. The number of nitrogens with zero attached hydrogens (tertiary/aromatic N) is 1. The SMILES string of the molecule is CCOC(=O)[C@@]1(CCC(C)C)C[C@@](C)(C(=O)C[n+]2ccccc2)OC1=O. The maximum absolute atomic E-state index is 12.8. The van der Waals surface area contributed by atoms with E-state index in [2.05, 4.69) is 0 Å². The minimum atomic E-state index is -1.40. The topological polar surface area (TPSA) is 73.6 Å². The van der Waals surface area contributed by atoms with Gasteiger partial charge in [0.1, 0.15) is 0 Å². The van der Waals surface area contributed by atoms with Crippen molar-refractivity contribution in [3.63, 3.8) is 0 Å². The Morgan fingerprint density at radius 3 is 2.50 bits per heavy atom. The fourth-order valence-corrected chi connectivity index (χ4v) is 3.27. The standard InChI is InChI=1S/C20H28NO5/c1-5-25-17(23)20(10-9-15(2)3)14-19(4,26-18(20)24)16(22)13-21-11-7-6-8-12-21/h6-8,11-12,15H,5,9-10,13-14H2,1-4H3/q+1/t19-,20+/m0/s1. The third kappa shape index (κ3) is 4.11. The predicted molar refractivity (Wildman–Crippen MR) is 93.9 cm³/mol. The number of ether oxygens (including phenoxy) is 2. The van der Waals surface area contributed by atoms with Crippen LogP contribution in [-0.4, -0.2) is 29.9 Å². The number of aromatic nitrogens is 1.